The molecule has 0 saturated carbocycles. The molecule has 2 aromatic heterocycles. The maximum atomic E-state index is 5.75. The largest absolute Gasteiger partial charge is 0.477 e. The van der Waals surface area contributed by atoms with Crippen molar-refractivity contribution in [3.05, 3.63) is 11.1 Å². The highest BCUT2D eigenvalue weighted by Crippen LogP contribution is 2.30. The number of anilines is 1. The lowest BCUT2D eigenvalue weighted by molar-refractivity contribution is 0.315. The van der Waals surface area contributed by atoms with Crippen LogP contribution >= 0.6 is 0 Å². The number of aromatic nitrogens is 4. The molecule has 0 aromatic carbocycles. The minimum absolute atomic E-state index is 0.314. The highest BCUT2D eigenvalue weighted by Gasteiger charge is 2.21. The molecule has 0 radical (unpaired) electrons. The van der Waals surface area contributed by atoms with Gasteiger partial charge in [-0.1, -0.05) is 0 Å². The summed E-state index contributed by atoms with van der Waals surface area (Å²) in [5.41, 5.74) is 8.90. The molecule has 0 atom stereocenters. The fraction of sp³-hybridized carbons (Fsp3) is 0.545. The first-order valence-corrected chi connectivity index (χ1v) is 5.96. The Balaban J connectivity index is 2.28. The van der Waals surface area contributed by atoms with Gasteiger partial charge in [0.1, 0.15) is 0 Å². The first-order chi connectivity index (χ1) is 8.31. The van der Waals surface area contributed by atoms with Crippen LogP contribution in [0.1, 0.15) is 30.9 Å². The Morgan fingerprint density at radius 2 is 2.00 bits per heavy atom. The molecular formula is C11H15N5O. The summed E-state index contributed by atoms with van der Waals surface area (Å²) in [6.45, 7) is 2.56. The molecule has 0 aliphatic heterocycles. The minimum Gasteiger partial charge on any atom is -0.477 e. The van der Waals surface area contributed by atoms with Gasteiger partial charge in [0.05, 0.1) is 6.61 Å². The fourth-order valence-electron chi connectivity index (χ4n) is 2.37. The molecule has 2 heterocycles. The summed E-state index contributed by atoms with van der Waals surface area (Å²) in [6.07, 6.45) is 4.35. The average Bonchev–Trinajstić information content (AvgIpc) is 2.72. The van der Waals surface area contributed by atoms with Gasteiger partial charge in [0.25, 0.3) is 0 Å². The molecule has 1 aliphatic rings. The minimum atomic E-state index is 0.314. The van der Waals surface area contributed by atoms with Crippen molar-refractivity contribution in [2.45, 2.75) is 32.6 Å². The molecule has 3 rings (SSSR count). The van der Waals surface area contributed by atoms with Crippen molar-refractivity contribution in [1.29, 1.82) is 0 Å². The van der Waals surface area contributed by atoms with Gasteiger partial charge in [-0.25, -0.2) is 0 Å². The van der Waals surface area contributed by atoms with E-state index in [0.717, 1.165) is 18.5 Å². The third-order valence-electron chi connectivity index (χ3n) is 3.13. The number of ether oxygens (including phenoxy) is 1. The summed E-state index contributed by atoms with van der Waals surface area (Å²) in [5.74, 6) is 0.996. The number of nitrogens with zero attached hydrogens (tertiary/aromatic N) is 4. The zero-order valence-corrected chi connectivity index (χ0v) is 9.81. The lowest BCUT2D eigenvalue weighted by Crippen LogP contribution is -2.12. The Bertz CT molecular complexity index is 562. The van der Waals surface area contributed by atoms with E-state index in [0.29, 0.717) is 18.4 Å². The quantitative estimate of drug-likeness (QED) is 0.836. The summed E-state index contributed by atoms with van der Waals surface area (Å²) in [7, 11) is 0. The Morgan fingerprint density at radius 3 is 2.76 bits per heavy atom. The monoisotopic (exact) mass is 233 g/mol. The van der Waals surface area contributed by atoms with E-state index in [1.807, 2.05) is 6.92 Å². The third kappa shape index (κ3) is 1.51. The van der Waals surface area contributed by atoms with E-state index < -0.39 is 0 Å². The fourth-order valence-corrected chi connectivity index (χ4v) is 2.37. The second kappa shape index (κ2) is 3.87. The zero-order valence-electron chi connectivity index (χ0n) is 9.81. The first kappa shape index (κ1) is 10.3. The SMILES string of the molecule is CCOc1nn2c(N)nnc2c2c1CCCC2. The highest BCUT2D eigenvalue weighted by molar-refractivity contribution is 5.56. The molecule has 0 fully saturated rings. The summed E-state index contributed by atoms with van der Waals surface area (Å²) in [6, 6.07) is 0. The van der Waals surface area contributed by atoms with E-state index in [4.69, 9.17) is 10.5 Å². The van der Waals surface area contributed by atoms with Crippen molar-refractivity contribution in [3.63, 3.8) is 0 Å². The average molecular weight is 233 g/mol. The summed E-state index contributed by atoms with van der Waals surface area (Å²) in [4.78, 5) is 0. The van der Waals surface area contributed by atoms with Crippen LogP contribution in [-0.4, -0.2) is 26.4 Å². The van der Waals surface area contributed by atoms with Gasteiger partial charge in [-0.2, -0.15) is 4.52 Å². The molecule has 0 unspecified atom stereocenters. The predicted octanol–water partition coefficient (Wildman–Crippen LogP) is 0.984. The Morgan fingerprint density at radius 1 is 1.24 bits per heavy atom. The van der Waals surface area contributed by atoms with E-state index in [2.05, 4.69) is 15.3 Å². The topological polar surface area (TPSA) is 78.3 Å². The van der Waals surface area contributed by atoms with Gasteiger partial charge in [-0.3, -0.25) is 0 Å². The van der Waals surface area contributed by atoms with E-state index >= 15 is 0 Å². The molecule has 0 spiro atoms. The van der Waals surface area contributed by atoms with E-state index in [-0.39, 0.29) is 0 Å². The summed E-state index contributed by atoms with van der Waals surface area (Å²) >= 11 is 0. The van der Waals surface area contributed by atoms with Gasteiger partial charge in [-0.15, -0.1) is 15.3 Å². The van der Waals surface area contributed by atoms with Crippen LogP contribution in [0.4, 0.5) is 5.95 Å². The van der Waals surface area contributed by atoms with Crippen molar-refractivity contribution in [2.75, 3.05) is 12.3 Å². The lowest BCUT2D eigenvalue weighted by Gasteiger charge is -2.18. The van der Waals surface area contributed by atoms with Crippen molar-refractivity contribution in [3.8, 4) is 5.88 Å². The van der Waals surface area contributed by atoms with Crippen LogP contribution in [0.3, 0.4) is 0 Å². The molecule has 6 nitrogen and oxygen atoms in total. The van der Waals surface area contributed by atoms with E-state index in [1.165, 1.54) is 24.0 Å². The van der Waals surface area contributed by atoms with Gasteiger partial charge in [0.15, 0.2) is 5.65 Å². The number of hydrogen-bond donors (Lipinski definition) is 1. The van der Waals surface area contributed by atoms with Crippen LogP contribution < -0.4 is 10.5 Å². The zero-order chi connectivity index (χ0) is 11.8. The van der Waals surface area contributed by atoms with Gasteiger partial charge >= 0.3 is 0 Å². The van der Waals surface area contributed by atoms with Crippen molar-refractivity contribution in [2.24, 2.45) is 0 Å². The molecule has 0 saturated heterocycles. The molecule has 2 N–H and O–H groups in total. The molecule has 1 aliphatic carbocycles. The van der Waals surface area contributed by atoms with Gasteiger partial charge in [0, 0.05) is 11.1 Å². The van der Waals surface area contributed by atoms with Crippen molar-refractivity contribution < 1.29 is 4.74 Å². The number of fused-ring (bicyclic) bond motifs is 3. The predicted molar refractivity (Wildman–Crippen MR) is 63.0 cm³/mol. The second-order valence-electron chi connectivity index (χ2n) is 4.20. The number of hydrogen-bond acceptors (Lipinski definition) is 5. The molecule has 0 bridgehead atoms. The number of nitrogen functional groups attached to an aromatic ring is 1. The Kier molecular flexibility index (Phi) is 2.35. The van der Waals surface area contributed by atoms with Crippen molar-refractivity contribution in [1.82, 2.24) is 19.8 Å². The molecule has 90 valence electrons. The van der Waals surface area contributed by atoms with E-state index in [1.54, 1.807) is 4.52 Å². The van der Waals surface area contributed by atoms with Crippen LogP contribution in [0.5, 0.6) is 5.88 Å². The van der Waals surface area contributed by atoms with Gasteiger partial charge in [0.2, 0.25) is 11.8 Å². The normalized spacial score (nSPS) is 14.9. The van der Waals surface area contributed by atoms with Crippen LogP contribution in [0.2, 0.25) is 0 Å². The summed E-state index contributed by atoms with van der Waals surface area (Å²) < 4.78 is 7.17. The van der Waals surface area contributed by atoms with E-state index in [9.17, 15) is 0 Å². The first-order valence-electron chi connectivity index (χ1n) is 5.96. The van der Waals surface area contributed by atoms with Gasteiger partial charge in [-0.05, 0) is 32.6 Å². The number of aryl methyl sites for hydroxylation is 1. The van der Waals surface area contributed by atoms with Gasteiger partial charge < -0.3 is 10.5 Å². The molecule has 6 heteroatoms. The lowest BCUT2D eigenvalue weighted by atomic mass is 9.93. The van der Waals surface area contributed by atoms with Crippen LogP contribution in [0.25, 0.3) is 5.65 Å². The third-order valence-corrected chi connectivity index (χ3v) is 3.13. The van der Waals surface area contributed by atoms with Crippen molar-refractivity contribution >= 4 is 11.6 Å². The van der Waals surface area contributed by atoms with Crippen LogP contribution in [0.15, 0.2) is 0 Å². The second-order valence-corrected chi connectivity index (χ2v) is 4.20. The maximum Gasteiger partial charge on any atom is 0.243 e. The molecular weight excluding hydrogens is 218 g/mol. The smallest absolute Gasteiger partial charge is 0.243 e. The number of rotatable bonds is 2. The molecule has 2 aromatic rings. The Hall–Kier alpha value is -1.85. The summed E-state index contributed by atoms with van der Waals surface area (Å²) in [5, 5.41) is 12.4. The number of nitrogens with two attached hydrogens (primary N) is 1. The Labute approximate surface area is 98.8 Å². The molecule has 17 heavy (non-hydrogen) atoms. The van der Waals surface area contributed by atoms with Crippen LogP contribution in [-0.2, 0) is 12.8 Å². The van der Waals surface area contributed by atoms with Crippen LogP contribution in [0, 0.1) is 0 Å². The standard InChI is InChI=1S/C11H15N5O/c1-2-17-10-8-6-4-3-5-7(8)9-13-14-11(12)16(9)15-10/h2-6H2,1H3,(H2,12,14). The maximum absolute atomic E-state index is 5.75. The molecule has 0 amide bonds. The highest BCUT2D eigenvalue weighted by atomic mass is 16.5.